The summed E-state index contributed by atoms with van der Waals surface area (Å²) in [5.41, 5.74) is 4.62. The molecule has 0 radical (unpaired) electrons. The predicted octanol–water partition coefficient (Wildman–Crippen LogP) is 2.18. The van der Waals surface area contributed by atoms with Gasteiger partial charge in [0.05, 0.1) is 6.61 Å². The maximum Gasteiger partial charge on any atom is 0.573 e. The van der Waals surface area contributed by atoms with Crippen molar-refractivity contribution in [3.05, 3.63) is 64.2 Å². The third kappa shape index (κ3) is 4.77. The lowest BCUT2D eigenvalue weighted by Gasteiger charge is -2.40. The first-order valence-corrected chi connectivity index (χ1v) is 10.5. The van der Waals surface area contributed by atoms with Gasteiger partial charge in [0.1, 0.15) is 36.3 Å². The monoisotopic (exact) mass is 454 g/mol. The van der Waals surface area contributed by atoms with Crippen molar-refractivity contribution in [1.29, 1.82) is 0 Å². The maximum atomic E-state index is 12.4. The first-order valence-electron chi connectivity index (χ1n) is 10.5. The molecule has 0 spiro atoms. The van der Waals surface area contributed by atoms with E-state index in [4.69, 9.17) is 4.74 Å². The number of alkyl halides is 3. The molecule has 0 saturated carbocycles. The zero-order valence-corrected chi connectivity index (χ0v) is 17.1. The number of benzene rings is 2. The summed E-state index contributed by atoms with van der Waals surface area (Å²) in [4.78, 5) is 0. The zero-order valence-electron chi connectivity index (χ0n) is 17.1. The molecule has 6 nitrogen and oxygen atoms in total. The van der Waals surface area contributed by atoms with Crippen molar-refractivity contribution in [2.24, 2.45) is 0 Å². The molecule has 1 aliphatic carbocycles. The Kier molecular flexibility index (Phi) is 6.46. The van der Waals surface area contributed by atoms with E-state index in [1.165, 1.54) is 12.1 Å². The van der Waals surface area contributed by atoms with Crippen molar-refractivity contribution in [1.82, 2.24) is 0 Å². The molecule has 0 aromatic heterocycles. The largest absolute Gasteiger partial charge is 0.573 e. The quantitative estimate of drug-likeness (QED) is 0.553. The second kappa shape index (κ2) is 8.99. The van der Waals surface area contributed by atoms with Gasteiger partial charge in [-0.1, -0.05) is 24.3 Å². The molecule has 1 aliphatic heterocycles. The molecule has 2 aromatic carbocycles. The Labute approximate surface area is 182 Å². The zero-order chi connectivity index (χ0) is 23.0. The molecule has 0 unspecified atom stereocenters. The number of hydrogen-bond acceptors (Lipinski definition) is 6. The van der Waals surface area contributed by atoms with Crippen LogP contribution in [0.5, 0.6) is 5.75 Å². The fourth-order valence-corrected chi connectivity index (χ4v) is 4.55. The van der Waals surface area contributed by atoms with Gasteiger partial charge in [0, 0.05) is 0 Å². The summed E-state index contributed by atoms with van der Waals surface area (Å²) in [6.45, 7) is -0.508. The van der Waals surface area contributed by atoms with Crippen LogP contribution in [0, 0.1) is 0 Å². The van der Waals surface area contributed by atoms with E-state index in [9.17, 15) is 33.6 Å². The third-order valence-corrected chi connectivity index (χ3v) is 6.10. The summed E-state index contributed by atoms with van der Waals surface area (Å²) in [7, 11) is 0. The first kappa shape index (κ1) is 23.0. The van der Waals surface area contributed by atoms with Crippen molar-refractivity contribution >= 4 is 0 Å². The van der Waals surface area contributed by atoms with Gasteiger partial charge in [0.2, 0.25) is 0 Å². The van der Waals surface area contributed by atoms with Crippen LogP contribution in [0.4, 0.5) is 13.2 Å². The molecule has 0 amide bonds. The topological polar surface area (TPSA) is 99.4 Å². The van der Waals surface area contributed by atoms with Gasteiger partial charge in [0.15, 0.2) is 0 Å². The minimum absolute atomic E-state index is 0.290. The number of hydrogen-bond donors (Lipinski definition) is 4. The van der Waals surface area contributed by atoms with Gasteiger partial charge in [0.25, 0.3) is 0 Å². The van der Waals surface area contributed by atoms with Gasteiger partial charge in [-0.25, -0.2) is 0 Å². The highest BCUT2D eigenvalue weighted by Gasteiger charge is 2.44. The minimum atomic E-state index is -4.75. The number of rotatable bonds is 5. The summed E-state index contributed by atoms with van der Waals surface area (Å²) in [5, 5.41) is 40.2. The molecule has 174 valence electrons. The summed E-state index contributed by atoms with van der Waals surface area (Å²) in [5.74, 6) is -0.290. The van der Waals surface area contributed by atoms with E-state index in [0.717, 1.165) is 41.5 Å². The predicted molar refractivity (Wildman–Crippen MR) is 107 cm³/mol. The van der Waals surface area contributed by atoms with Gasteiger partial charge < -0.3 is 29.9 Å². The smallest absolute Gasteiger partial charge is 0.406 e. The Morgan fingerprint density at radius 1 is 0.969 bits per heavy atom. The van der Waals surface area contributed by atoms with E-state index < -0.39 is 43.5 Å². The van der Waals surface area contributed by atoms with Gasteiger partial charge in [-0.3, -0.25) is 0 Å². The average Bonchev–Trinajstić information content (AvgIpc) is 3.22. The number of aliphatic hydroxyl groups is 4. The van der Waals surface area contributed by atoms with E-state index in [1.54, 1.807) is 12.1 Å². The Morgan fingerprint density at radius 2 is 1.69 bits per heavy atom. The van der Waals surface area contributed by atoms with E-state index in [2.05, 4.69) is 4.74 Å². The summed E-state index contributed by atoms with van der Waals surface area (Å²) >= 11 is 0. The van der Waals surface area contributed by atoms with Crippen molar-refractivity contribution < 1.29 is 43.1 Å². The number of aliphatic hydroxyl groups excluding tert-OH is 4. The molecule has 5 atom stereocenters. The average molecular weight is 454 g/mol. The highest BCUT2D eigenvalue weighted by Crippen LogP contribution is 2.37. The third-order valence-electron chi connectivity index (χ3n) is 6.10. The molecule has 1 fully saturated rings. The van der Waals surface area contributed by atoms with Crippen LogP contribution in [0.3, 0.4) is 0 Å². The highest BCUT2D eigenvalue weighted by molar-refractivity contribution is 5.45. The molecule has 0 bridgehead atoms. The van der Waals surface area contributed by atoms with Gasteiger partial charge >= 0.3 is 6.36 Å². The number of halogens is 3. The van der Waals surface area contributed by atoms with Crippen LogP contribution >= 0.6 is 0 Å². The molecular formula is C23H25F3O6. The van der Waals surface area contributed by atoms with Crippen LogP contribution < -0.4 is 4.74 Å². The molecule has 2 aliphatic rings. The fourth-order valence-electron chi connectivity index (χ4n) is 4.55. The molecule has 1 saturated heterocycles. The van der Waals surface area contributed by atoms with Crippen LogP contribution in [0.15, 0.2) is 36.4 Å². The Balaban J connectivity index is 1.61. The SMILES string of the molecule is OC[C@H]1O[C@@H](c2cc3c(c(Cc4ccc(OC(F)(F)F)cc4)c2)CCC3)[C@H](O)[C@@H](O)[C@@H]1O. The summed E-state index contributed by atoms with van der Waals surface area (Å²) in [6, 6.07) is 9.46. The maximum absolute atomic E-state index is 12.4. The van der Waals surface area contributed by atoms with Crippen molar-refractivity contribution in [2.75, 3.05) is 6.61 Å². The highest BCUT2D eigenvalue weighted by atomic mass is 19.4. The van der Waals surface area contributed by atoms with E-state index >= 15 is 0 Å². The molecule has 2 aromatic rings. The number of aryl methyl sites for hydroxylation is 1. The van der Waals surface area contributed by atoms with Crippen molar-refractivity contribution in [3.8, 4) is 5.75 Å². The Hall–Kier alpha value is -2.17. The number of ether oxygens (including phenoxy) is 2. The standard InChI is InChI=1S/C23H25F3O6/c24-23(25,26)32-16-6-4-12(5-7-16)8-14-10-15(9-13-2-1-3-17(13)14)22-21(30)20(29)19(28)18(11-27)31-22/h4-7,9-10,18-22,27-30H,1-3,8,11H2/t18-,19-,20+,21-,22+/m1/s1. The van der Waals surface area contributed by atoms with E-state index in [1.807, 2.05) is 12.1 Å². The van der Waals surface area contributed by atoms with Crippen molar-refractivity contribution in [2.45, 2.75) is 62.6 Å². The van der Waals surface area contributed by atoms with Gasteiger partial charge in [-0.2, -0.15) is 0 Å². The lowest BCUT2D eigenvalue weighted by atomic mass is 9.87. The van der Waals surface area contributed by atoms with Gasteiger partial charge in [-0.15, -0.1) is 13.2 Å². The van der Waals surface area contributed by atoms with E-state index in [0.29, 0.717) is 12.0 Å². The number of fused-ring (bicyclic) bond motifs is 1. The summed E-state index contributed by atoms with van der Waals surface area (Å²) in [6.07, 6.45) is -7.84. The second-order valence-electron chi connectivity index (χ2n) is 8.29. The van der Waals surface area contributed by atoms with Crippen molar-refractivity contribution in [3.63, 3.8) is 0 Å². The summed E-state index contributed by atoms with van der Waals surface area (Å²) < 4.78 is 46.8. The van der Waals surface area contributed by atoms with Crippen LogP contribution in [0.2, 0.25) is 0 Å². The molecule has 32 heavy (non-hydrogen) atoms. The molecule has 4 N–H and O–H groups in total. The van der Waals surface area contributed by atoms with Gasteiger partial charge in [-0.05, 0) is 65.6 Å². The van der Waals surface area contributed by atoms with E-state index in [-0.39, 0.29) is 5.75 Å². The van der Waals surface area contributed by atoms with Crippen LogP contribution in [-0.4, -0.2) is 57.8 Å². The lowest BCUT2D eigenvalue weighted by molar-refractivity contribution is -0.274. The van der Waals surface area contributed by atoms with Crippen LogP contribution in [-0.2, 0) is 24.0 Å². The van der Waals surface area contributed by atoms with Crippen LogP contribution in [0.25, 0.3) is 0 Å². The lowest BCUT2D eigenvalue weighted by Crippen LogP contribution is -2.55. The van der Waals surface area contributed by atoms with Crippen LogP contribution in [0.1, 0.15) is 40.3 Å². The first-order chi connectivity index (χ1) is 15.2. The Morgan fingerprint density at radius 3 is 2.34 bits per heavy atom. The molecule has 9 heteroatoms. The minimum Gasteiger partial charge on any atom is -0.406 e. The molecule has 1 heterocycles. The molecule has 4 rings (SSSR count). The Bertz CT molecular complexity index is 944. The molecular weight excluding hydrogens is 429 g/mol. The fraction of sp³-hybridized carbons (Fsp3) is 0.478. The normalized spacial score (nSPS) is 27.9. The second-order valence-corrected chi connectivity index (χ2v) is 8.29.